The third-order valence-corrected chi connectivity index (χ3v) is 3.37. The van der Waals surface area contributed by atoms with Gasteiger partial charge in [-0.3, -0.25) is 9.59 Å². The van der Waals surface area contributed by atoms with Crippen LogP contribution < -0.4 is 5.32 Å². The number of benzene rings is 1. The van der Waals surface area contributed by atoms with Gasteiger partial charge in [-0.2, -0.15) is 13.2 Å². The Labute approximate surface area is 143 Å². The minimum absolute atomic E-state index is 0.0105. The molecular formula is C15H13F5N2O4. The lowest BCUT2D eigenvalue weighted by atomic mass is 10.0. The fourth-order valence-corrected chi connectivity index (χ4v) is 1.95. The lowest BCUT2D eigenvalue weighted by Gasteiger charge is -2.16. The molecule has 26 heavy (non-hydrogen) atoms. The van der Waals surface area contributed by atoms with E-state index in [2.05, 4.69) is 5.16 Å². The van der Waals surface area contributed by atoms with Crippen molar-refractivity contribution in [2.75, 3.05) is 6.61 Å². The topological polar surface area (TPSA) is 88.0 Å². The van der Waals surface area contributed by atoms with E-state index in [0.717, 1.165) is 12.8 Å². The Morgan fingerprint density at radius 3 is 2.46 bits per heavy atom. The van der Waals surface area contributed by atoms with Crippen molar-refractivity contribution in [3.05, 3.63) is 34.9 Å². The first-order valence-corrected chi connectivity index (χ1v) is 7.36. The first kappa shape index (κ1) is 19.6. The Morgan fingerprint density at radius 1 is 1.27 bits per heavy atom. The normalized spacial score (nSPS) is 14.9. The molecule has 0 radical (unpaired) electrons. The van der Waals surface area contributed by atoms with Crippen LogP contribution in [0.4, 0.5) is 22.0 Å². The highest BCUT2D eigenvalue weighted by Gasteiger charge is 2.38. The van der Waals surface area contributed by atoms with Gasteiger partial charge in [0.25, 0.3) is 0 Å². The molecule has 1 fully saturated rings. The molecule has 2 rings (SSSR count). The van der Waals surface area contributed by atoms with Crippen LogP contribution >= 0.6 is 0 Å². The molecule has 0 atom stereocenters. The van der Waals surface area contributed by atoms with Crippen molar-refractivity contribution in [3.8, 4) is 0 Å². The zero-order valence-electron chi connectivity index (χ0n) is 13.1. The summed E-state index contributed by atoms with van der Waals surface area (Å²) in [4.78, 5) is 26.9. The number of nitrogens with zero attached hydrogens (tertiary/aromatic N) is 1. The molecule has 0 unspecified atom stereocenters. The molecular weight excluding hydrogens is 367 g/mol. The summed E-state index contributed by atoms with van der Waals surface area (Å²) < 4.78 is 67.0. The van der Waals surface area contributed by atoms with Gasteiger partial charge in [0.05, 0.1) is 11.1 Å². The third-order valence-electron chi connectivity index (χ3n) is 3.37. The first-order chi connectivity index (χ1) is 12.1. The lowest BCUT2D eigenvalue weighted by Crippen LogP contribution is -2.35. The van der Waals surface area contributed by atoms with Gasteiger partial charge in [0.2, 0.25) is 5.91 Å². The highest BCUT2D eigenvalue weighted by Crippen LogP contribution is 2.34. The third kappa shape index (κ3) is 5.14. The molecule has 1 aliphatic rings. The van der Waals surface area contributed by atoms with Gasteiger partial charge in [-0.15, -0.1) is 0 Å². The highest BCUT2D eigenvalue weighted by atomic mass is 19.4. The zero-order chi connectivity index (χ0) is 19.5. The van der Waals surface area contributed by atoms with Crippen LogP contribution in [0.5, 0.6) is 0 Å². The van der Waals surface area contributed by atoms with E-state index in [1.165, 1.54) is 0 Å². The number of carboxylic acid groups (broad SMARTS) is 1. The van der Waals surface area contributed by atoms with Crippen LogP contribution in [-0.2, 0) is 20.6 Å². The largest absolute Gasteiger partial charge is 0.481 e. The quantitative estimate of drug-likeness (QED) is 0.261. The molecule has 0 aliphatic heterocycles. The first-order valence-electron chi connectivity index (χ1n) is 7.36. The van der Waals surface area contributed by atoms with Gasteiger partial charge in [0.15, 0.2) is 17.5 Å². The van der Waals surface area contributed by atoms with Gasteiger partial charge in [-0.25, -0.2) is 8.78 Å². The van der Waals surface area contributed by atoms with E-state index >= 15 is 0 Å². The van der Waals surface area contributed by atoms with Gasteiger partial charge in [0.1, 0.15) is 13.0 Å². The molecule has 0 bridgehead atoms. The summed E-state index contributed by atoms with van der Waals surface area (Å²) in [5.41, 5.74) is -2.96. The molecule has 2 N–H and O–H groups in total. The molecule has 1 saturated carbocycles. The van der Waals surface area contributed by atoms with E-state index in [0.29, 0.717) is 0 Å². The summed E-state index contributed by atoms with van der Waals surface area (Å²) in [5, 5.41) is 13.6. The monoisotopic (exact) mass is 380 g/mol. The molecule has 1 aromatic rings. The average Bonchev–Trinajstić information content (AvgIpc) is 3.31. The Morgan fingerprint density at radius 2 is 1.92 bits per heavy atom. The average molecular weight is 380 g/mol. The highest BCUT2D eigenvalue weighted by molar-refractivity contribution is 6.11. The van der Waals surface area contributed by atoms with Crippen LogP contribution in [0.2, 0.25) is 0 Å². The van der Waals surface area contributed by atoms with Crippen LogP contribution in [-0.4, -0.2) is 29.4 Å². The molecule has 1 amide bonds. The van der Waals surface area contributed by atoms with Crippen molar-refractivity contribution in [2.45, 2.75) is 25.4 Å². The van der Waals surface area contributed by atoms with Gasteiger partial charge in [-0.1, -0.05) is 5.16 Å². The SMILES string of the molecule is O=C(O)CC(=O)N/C(=N\OCC1CC1)c1c(C(F)(F)F)ccc(F)c1F. The summed E-state index contributed by atoms with van der Waals surface area (Å²) in [5.74, 6) is -7.27. The molecule has 11 heteroatoms. The zero-order valence-corrected chi connectivity index (χ0v) is 13.1. The van der Waals surface area contributed by atoms with E-state index in [4.69, 9.17) is 9.94 Å². The van der Waals surface area contributed by atoms with Crippen LogP contribution in [0.25, 0.3) is 0 Å². The van der Waals surface area contributed by atoms with Gasteiger partial charge < -0.3 is 15.3 Å². The molecule has 142 valence electrons. The number of halogens is 5. The number of rotatable bonds is 6. The smallest absolute Gasteiger partial charge is 0.417 e. The molecule has 1 aromatic carbocycles. The van der Waals surface area contributed by atoms with Crippen molar-refractivity contribution in [1.29, 1.82) is 0 Å². The predicted molar refractivity (Wildman–Crippen MR) is 77.0 cm³/mol. The summed E-state index contributed by atoms with van der Waals surface area (Å²) in [6, 6.07) is 0.566. The number of aliphatic carboxylic acids is 1. The number of hydrogen-bond donors (Lipinski definition) is 2. The minimum atomic E-state index is -5.08. The van der Waals surface area contributed by atoms with Crippen LogP contribution in [0.3, 0.4) is 0 Å². The molecule has 6 nitrogen and oxygen atoms in total. The summed E-state index contributed by atoms with van der Waals surface area (Å²) in [6.07, 6.45) is -4.56. The number of amidine groups is 1. The lowest BCUT2D eigenvalue weighted by molar-refractivity contribution is -0.141. The molecule has 0 aromatic heterocycles. The summed E-state index contributed by atoms with van der Waals surface area (Å²) >= 11 is 0. The maximum Gasteiger partial charge on any atom is 0.417 e. The summed E-state index contributed by atoms with van der Waals surface area (Å²) in [6.45, 7) is 0.0105. The Kier molecular flexibility index (Phi) is 5.78. The van der Waals surface area contributed by atoms with Crippen molar-refractivity contribution in [2.24, 2.45) is 11.1 Å². The van der Waals surface area contributed by atoms with Gasteiger partial charge in [-0.05, 0) is 30.9 Å². The predicted octanol–water partition coefficient (Wildman–Crippen LogP) is 2.66. The van der Waals surface area contributed by atoms with Crippen LogP contribution in [0.15, 0.2) is 17.3 Å². The minimum Gasteiger partial charge on any atom is -0.481 e. The van der Waals surface area contributed by atoms with E-state index in [-0.39, 0.29) is 24.7 Å². The fraction of sp³-hybridized carbons (Fsp3) is 0.400. The Balaban J connectivity index is 2.44. The standard InChI is InChI=1S/C15H13F5N2O4/c16-9-4-3-8(15(18,19)20)12(13(9)17)14(21-10(23)5-11(24)25)22-26-6-7-1-2-7/h3-4,7H,1-2,5-6H2,(H,24,25)(H,21,22,23). The number of oxime groups is 1. The number of carboxylic acids is 1. The number of carbonyl (C=O) groups is 2. The second-order valence-corrected chi connectivity index (χ2v) is 5.58. The summed E-state index contributed by atoms with van der Waals surface area (Å²) in [7, 11) is 0. The number of amides is 1. The number of nitrogens with one attached hydrogen (secondary N) is 1. The molecule has 0 spiro atoms. The van der Waals surface area contributed by atoms with E-state index in [9.17, 15) is 31.5 Å². The number of hydrogen-bond acceptors (Lipinski definition) is 4. The van der Waals surface area contributed by atoms with E-state index in [1.807, 2.05) is 0 Å². The second kappa shape index (κ2) is 7.67. The number of carbonyl (C=O) groups excluding carboxylic acids is 1. The molecule has 0 heterocycles. The fourth-order valence-electron chi connectivity index (χ4n) is 1.95. The molecule has 0 saturated heterocycles. The van der Waals surface area contributed by atoms with E-state index < -0.39 is 53.1 Å². The Hall–Kier alpha value is -2.72. The van der Waals surface area contributed by atoms with E-state index in [1.54, 1.807) is 5.32 Å². The second-order valence-electron chi connectivity index (χ2n) is 5.58. The van der Waals surface area contributed by atoms with Crippen LogP contribution in [0.1, 0.15) is 30.4 Å². The van der Waals surface area contributed by atoms with Crippen molar-refractivity contribution < 1.29 is 41.5 Å². The molecule has 1 aliphatic carbocycles. The maximum atomic E-state index is 14.1. The van der Waals surface area contributed by atoms with Crippen LogP contribution in [0, 0.1) is 17.6 Å². The van der Waals surface area contributed by atoms with Crippen molar-refractivity contribution in [3.63, 3.8) is 0 Å². The Bertz CT molecular complexity index is 744. The van der Waals surface area contributed by atoms with Gasteiger partial charge >= 0.3 is 12.1 Å². The van der Waals surface area contributed by atoms with Crippen molar-refractivity contribution in [1.82, 2.24) is 5.32 Å². The number of alkyl halides is 3. The van der Waals surface area contributed by atoms with Gasteiger partial charge in [0, 0.05) is 0 Å². The van der Waals surface area contributed by atoms with Crippen molar-refractivity contribution >= 4 is 17.7 Å². The maximum absolute atomic E-state index is 14.1.